The van der Waals surface area contributed by atoms with Gasteiger partial charge < -0.3 is 10.4 Å². The van der Waals surface area contributed by atoms with Crippen molar-refractivity contribution in [3.8, 4) is 0 Å². The molecule has 6 atom stereocenters. The van der Waals surface area contributed by atoms with Crippen molar-refractivity contribution in [3.05, 3.63) is 23.3 Å². The smallest absolute Gasteiger partial charge is 0.331 e. The molecule has 160 valence electrons. The molecule has 0 heterocycles. The van der Waals surface area contributed by atoms with Gasteiger partial charge in [-0.05, 0) is 91.1 Å². The first kappa shape index (κ1) is 20.7. The van der Waals surface area contributed by atoms with Gasteiger partial charge in [0.05, 0.1) is 0 Å². The minimum atomic E-state index is -0.762. The normalized spacial score (nSPS) is 41.0. The number of carboxylic acids is 1. The fraction of sp³-hybridized carbons (Fsp3) is 0.760. The van der Waals surface area contributed by atoms with Crippen LogP contribution in [0.4, 0.5) is 0 Å². The van der Waals surface area contributed by atoms with Gasteiger partial charge in [0.2, 0.25) is 5.91 Å². The van der Waals surface area contributed by atoms with Crippen LogP contribution in [0.25, 0.3) is 0 Å². The van der Waals surface area contributed by atoms with Crippen molar-refractivity contribution in [3.63, 3.8) is 0 Å². The van der Waals surface area contributed by atoms with E-state index >= 15 is 0 Å². The zero-order valence-corrected chi connectivity index (χ0v) is 18.5. The molecule has 2 fully saturated rings. The van der Waals surface area contributed by atoms with E-state index in [-0.39, 0.29) is 16.7 Å². The van der Waals surface area contributed by atoms with Crippen LogP contribution < -0.4 is 5.32 Å². The van der Waals surface area contributed by atoms with E-state index in [4.69, 9.17) is 0 Å². The maximum Gasteiger partial charge on any atom is 0.331 e. The average molecular weight is 400 g/mol. The molecule has 0 bridgehead atoms. The number of hydrogen-bond donors (Lipinski definition) is 2. The minimum absolute atomic E-state index is 0.113. The van der Waals surface area contributed by atoms with Gasteiger partial charge in [-0.25, -0.2) is 4.79 Å². The molecule has 0 spiro atoms. The lowest BCUT2D eigenvalue weighted by Gasteiger charge is -2.57. The van der Waals surface area contributed by atoms with E-state index in [1.807, 2.05) is 6.08 Å². The first-order valence-electron chi connectivity index (χ1n) is 11.6. The molecule has 4 aliphatic rings. The zero-order chi connectivity index (χ0) is 21.0. The standard InChI is InChI=1S/C25H37NO3/c1-15(2)13-22(27)26-21-8-7-19-18-6-5-17-14-16(23(28)29)9-11-24(17,3)20(18)10-12-25(19,21)4/h5,14-15,18-21H,6-13H2,1-4H3,(H,26,27)(H,28,29)/t18-,19-,20+,21?,24-,25-/m0/s1. The topological polar surface area (TPSA) is 66.4 Å². The lowest BCUT2D eigenvalue weighted by atomic mass is 9.48. The molecule has 2 saturated carbocycles. The molecule has 1 unspecified atom stereocenters. The number of hydrogen-bond acceptors (Lipinski definition) is 2. The van der Waals surface area contributed by atoms with Gasteiger partial charge in [-0.1, -0.05) is 33.8 Å². The van der Waals surface area contributed by atoms with Crippen LogP contribution in [0.3, 0.4) is 0 Å². The molecule has 0 aromatic carbocycles. The van der Waals surface area contributed by atoms with Crippen LogP contribution >= 0.6 is 0 Å². The predicted octanol–water partition coefficient (Wildman–Crippen LogP) is 5.10. The summed E-state index contributed by atoms with van der Waals surface area (Å²) >= 11 is 0. The Morgan fingerprint density at radius 3 is 2.62 bits per heavy atom. The van der Waals surface area contributed by atoms with E-state index < -0.39 is 5.97 Å². The Morgan fingerprint density at radius 1 is 1.17 bits per heavy atom. The highest BCUT2D eigenvalue weighted by atomic mass is 16.4. The van der Waals surface area contributed by atoms with E-state index in [0.717, 1.165) is 19.3 Å². The number of carbonyl (C=O) groups excluding carboxylic acids is 1. The highest BCUT2D eigenvalue weighted by molar-refractivity contribution is 5.87. The van der Waals surface area contributed by atoms with Gasteiger partial charge in [0.1, 0.15) is 0 Å². The summed E-state index contributed by atoms with van der Waals surface area (Å²) in [4.78, 5) is 23.9. The second kappa shape index (κ2) is 7.28. The molecule has 0 aliphatic heterocycles. The van der Waals surface area contributed by atoms with E-state index in [1.54, 1.807) is 0 Å². The van der Waals surface area contributed by atoms with E-state index in [0.29, 0.717) is 48.1 Å². The summed E-state index contributed by atoms with van der Waals surface area (Å²) in [6.45, 7) is 9.01. The van der Waals surface area contributed by atoms with Crippen molar-refractivity contribution in [1.82, 2.24) is 5.32 Å². The first-order chi connectivity index (χ1) is 13.6. The van der Waals surface area contributed by atoms with Gasteiger partial charge in [-0.15, -0.1) is 0 Å². The molecule has 1 amide bonds. The number of aliphatic carboxylic acids is 1. The Morgan fingerprint density at radius 2 is 1.93 bits per heavy atom. The van der Waals surface area contributed by atoms with Crippen LogP contribution in [-0.4, -0.2) is 23.0 Å². The summed E-state index contributed by atoms with van der Waals surface area (Å²) in [5.41, 5.74) is 2.15. The summed E-state index contributed by atoms with van der Waals surface area (Å²) in [7, 11) is 0. The van der Waals surface area contributed by atoms with Crippen LogP contribution in [0.15, 0.2) is 23.3 Å². The van der Waals surface area contributed by atoms with Crippen molar-refractivity contribution >= 4 is 11.9 Å². The van der Waals surface area contributed by atoms with Crippen LogP contribution in [-0.2, 0) is 9.59 Å². The summed E-state index contributed by atoms with van der Waals surface area (Å²) in [5, 5.41) is 12.8. The fourth-order valence-electron chi connectivity index (χ4n) is 7.36. The zero-order valence-electron chi connectivity index (χ0n) is 18.5. The molecule has 29 heavy (non-hydrogen) atoms. The molecule has 4 rings (SSSR count). The Hall–Kier alpha value is -1.58. The number of carboxylic acid groups (broad SMARTS) is 1. The number of rotatable bonds is 4. The van der Waals surface area contributed by atoms with Crippen LogP contribution in [0.5, 0.6) is 0 Å². The van der Waals surface area contributed by atoms with E-state index in [9.17, 15) is 14.7 Å². The number of carbonyl (C=O) groups is 2. The Kier molecular flexibility index (Phi) is 5.19. The SMILES string of the molecule is CC(C)CC(=O)NC1CC[C@H]2[C@@H]3CC=C4C=C(C(=O)O)CC[C@]4(C)[C@@H]3CC[C@]12C. The summed E-state index contributed by atoms with van der Waals surface area (Å²) in [5.74, 6) is 1.80. The Bertz CT molecular complexity index is 766. The third-order valence-corrected chi connectivity index (χ3v) is 8.97. The van der Waals surface area contributed by atoms with Gasteiger partial charge in [0.15, 0.2) is 0 Å². The molecule has 0 radical (unpaired) electrons. The molecule has 2 N–H and O–H groups in total. The van der Waals surface area contributed by atoms with Gasteiger partial charge in [0, 0.05) is 18.0 Å². The number of amides is 1. The van der Waals surface area contributed by atoms with Gasteiger partial charge in [0.25, 0.3) is 0 Å². The molecule has 0 aromatic rings. The Balaban J connectivity index is 1.55. The second-order valence-electron chi connectivity index (χ2n) is 11.0. The average Bonchev–Trinajstić information content (AvgIpc) is 2.96. The highest BCUT2D eigenvalue weighted by Gasteiger charge is 2.58. The first-order valence-corrected chi connectivity index (χ1v) is 11.6. The molecule has 4 nitrogen and oxygen atoms in total. The lowest BCUT2D eigenvalue weighted by Crippen LogP contribution is -2.53. The molecular formula is C25H37NO3. The molecular weight excluding hydrogens is 362 g/mol. The third-order valence-electron chi connectivity index (χ3n) is 8.97. The van der Waals surface area contributed by atoms with Crippen molar-refractivity contribution < 1.29 is 14.7 Å². The Labute approximate surface area is 175 Å². The van der Waals surface area contributed by atoms with Crippen molar-refractivity contribution in [1.29, 1.82) is 0 Å². The number of allylic oxidation sites excluding steroid dienone is 3. The fourth-order valence-corrected chi connectivity index (χ4v) is 7.36. The van der Waals surface area contributed by atoms with Crippen molar-refractivity contribution in [2.24, 2.45) is 34.5 Å². The summed E-state index contributed by atoms with van der Waals surface area (Å²) in [6, 6.07) is 0.308. The largest absolute Gasteiger partial charge is 0.478 e. The maximum atomic E-state index is 12.5. The minimum Gasteiger partial charge on any atom is -0.478 e. The van der Waals surface area contributed by atoms with Crippen molar-refractivity contribution in [2.45, 2.75) is 85.1 Å². The quantitative estimate of drug-likeness (QED) is 0.691. The van der Waals surface area contributed by atoms with Gasteiger partial charge >= 0.3 is 5.97 Å². The highest BCUT2D eigenvalue weighted by Crippen LogP contribution is 2.64. The second-order valence-corrected chi connectivity index (χ2v) is 11.0. The lowest BCUT2D eigenvalue weighted by molar-refractivity contribution is -0.133. The predicted molar refractivity (Wildman–Crippen MR) is 114 cm³/mol. The van der Waals surface area contributed by atoms with Crippen LogP contribution in [0.2, 0.25) is 0 Å². The number of fused-ring (bicyclic) bond motifs is 5. The molecule has 4 aliphatic carbocycles. The van der Waals surface area contributed by atoms with Crippen molar-refractivity contribution in [2.75, 3.05) is 0 Å². The monoisotopic (exact) mass is 399 g/mol. The van der Waals surface area contributed by atoms with Crippen LogP contribution in [0, 0.1) is 34.5 Å². The van der Waals surface area contributed by atoms with Gasteiger partial charge in [-0.2, -0.15) is 0 Å². The summed E-state index contributed by atoms with van der Waals surface area (Å²) in [6.07, 6.45) is 12.3. The van der Waals surface area contributed by atoms with Crippen LogP contribution in [0.1, 0.15) is 79.1 Å². The molecule has 0 saturated heterocycles. The summed E-state index contributed by atoms with van der Waals surface area (Å²) < 4.78 is 0. The molecule has 4 heteroatoms. The maximum absolute atomic E-state index is 12.5. The van der Waals surface area contributed by atoms with Gasteiger partial charge in [-0.3, -0.25) is 4.79 Å². The third kappa shape index (κ3) is 3.37. The molecule has 0 aromatic heterocycles. The van der Waals surface area contributed by atoms with E-state index in [2.05, 4.69) is 39.1 Å². The number of nitrogens with one attached hydrogen (secondary N) is 1. The van der Waals surface area contributed by atoms with E-state index in [1.165, 1.54) is 24.8 Å².